The summed E-state index contributed by atoms with van der Waals surface area (Å²) in [7, 11) is -3.26. The van der Waals surface area contributed by atoms with Crippen molar-refractivity contribution in [1.29, 1.82) is 0 Å². The van der Waals surface area contributed by atoms with Crippen molar-refractivity contribution in [3.05, 3.63) is 24.7 Å². The third kappa shape index (κ3) is 1.82. The van der Waals surface area contributed by atoms with Crippen molar-refractivity contribution >= 4 is 21.4 Å². The molecule has 0 fully saturated rings. The highest BCUT2D eigenvalue weighted by Crippen LogP contribution is 2.07. The van der Waals surface area contributed by atoms with Gasteiger partial charge in [0.05, 0.1) is 30.5 Å². The monoisotopic (exact) mass is 212 g/mol. The van der Waals surface area contributed by atoms with Crippen LogP contribution in [-0.4, -0.2) is 29.3 Å². The minimum atomic E-state index is -3.26. The van der Waals surface area contributed by atoms with Gasteiger partial charge < -0.3 is 0 Å². The second-order valence-electron chi connectivity index (χ2n) is 2.85. The summed E-state index contributed by atoms with van der Waals surface area (Å²) < 4.78 is 25.6. The Kier molecular flexibility index (Phi) is 1.88. The summed E-state index contributed by atoms with van der Waals surface area (Å²) in [6.07, 6.45) is 5.67. The van der Waals surface area contributed by atoms with Crippen molar-refractivity contribution in [2.75, 3.05) is 11.0 Å². The third-order valence-corrected chi connectivity index (χ3v) is 2.16. The number of nitrogens with zero attached hydrogens (tertiary/aromatic N) is 3. The second-order valence-corrected chi connectivity index (χ2v) is 4.60. The summed E-state index contributed by atoms with van der Waals surface area (Å²) in [6, 6.07) is 1.73. The highest BCUT2D eigenvalue weighted by atomic mass is 32.2. The molecule has 2 aromatic rings. The molecule has 2 aromatic heterocycles. The molecule has 0 unspecified atom stereocenters. The Labute approximate surface area is 80.6 Å². The van der Waals surface area contributed by atoms with E-state index in [0.29, 0.717) is 11.3 Å². The molecule has 0 saturated heterocycles. The lowest BCUT2D eigenvalue weighted by Crippen LogP contribution is -2.10. The minimum absolute atomic E-state index is 0.392. The van der Waals surface area contributed by atoms with Crippen molar-refractivity contribution in [2.24, 2.45) is 0 Å². The van der Waals surface area contributed by atoms with Crippen LogP contribution in [0.1, 0.15) is 0 Å². The topological polar surface area (TPSA) is 76.4 Å². The van der Waals surface area contributed by atoms with E-state index in [4.69, 9.17) is 0 Å². The van der Waals surface area contributed by atoms with Gasteiger partial charge in [0.2, 0.25) is 10.0 Å². The van der Waals surface area contributed by atoms with Crippen LogP contribution in [0.15, 0.2) is 24.7 Å². The first-order chi connectivity index (χ1) is 6.54. The number of nitrogens with one attached hydrogen (secondary N) is 1. The average Bonchev–Trinajstić information content (AvgIpc) is 2.47. The van der Waals surface area contributed by atoms with E-state index >= 15 is 0 Å². The minimum Gasteiger partial charge on any atom is -0.281 e. The van der Waals surface area contributed by atoms with E-state index in [0.717, 1.165) is 6.26 Å². The van der Waals surface area contributed by atoms with Gasteiger partial charge in [-0.2, -0.15) is 5.10 Å². The molecular formula is C7H8N4O2S. The van der Waals surface area contributed by atoms with Crippen LogP contribution in [0.25, 0.3) is 5.65 Å². The van der Waals surface area contributed by atoms with E-state index < -0.39 is 10.0 Å². The third-order valence-electron chi connectivity index (χ3n) is 1.55. The molecule has 0 spiro atoms. The van der Waals surface area contributed by atoms with Gasteiger partial charge in [-0.3, -0.25) is 4.72 Å². The maximum atomic E-state index is 10.9. The van der Waals surface area contributed by atoms with Crippen LogP contribution in [0.4, 0.5) is 5.69 Å². The number of aromatic nitrogens is 3. The lowest BCUT2D eigenvalue weighted by atomic mass is 10.5. The molecule has 74 valence electrons. The largest absolute Gasteiger partial charge is 0.281 e. The first kappa shape index (κ1) is 8.95. The molecule has 0 aliphatic rings. The predicted octanol–water partition coefficient (Wildman–Crippen LogP) is 0.101. The van der Waals surface area contributed by atoms with Crippen molar-refractivity contribution in [3.63, 3.8) is 0 Å². The highest BCUT2D eigenvalue weighted by molar-refractivity contribution is 7.92. The molecule has 0 aromatic carbocycles. The van der Waals surface area contributed by atoms with Crippen LogP contribution < -0.4 is 4.72 Å². The molecule has 0 radical (unpaired) electrons. The van der Waals surface area contributed by atoms with Gasteiger partial charge in [0, 0.05) is 6.07 Å². The van der Waals surface area contributed by atoms with E-state index in [-0.39, 0.29) is 0 Å². The van der Waals surface area contributed by atoms with Crippen molar-refractivity contribution in [2.45, 2.75) is 0 Å². The first-order valence-electron chi connectivity index (χ1n) is 3.82. The van der Waals surface area contributed by atoms with Crippen LogP contribution in [-0.2, 0) is 10.0 Å². The molecule has 0 amide bonds. The van der Waals surface area contributed by atoms with E-state index in [1.807, 2.05) is 0 Å². The Balaban J connectivity index is 2.44. The number of fused-ring (bicyclic) bond motifs is 1. The van der Waals surface area contributed by atoms with Crippen LogP contribution in [0.3, 0.4) is 0 Å². The van der Waals surface area contributed by atoms with Crippen molar-refractivity contribution in [1.82, 2.24) is 14.6 Å². The van der Waals surface area contributed by atoms with Crippen molar-refractivity contribution in [3.8, 4) is 0 Å². The summed E-state index contributed by atoms with van der Waals surface area (Å²) in [5.41, 5.74) is 1.06. The van der Waals surface area contributed by atoms with E-state index in [2.05, 4.69) is 14.8 Å². The predicted molar refractivity (Wildman–Crippen MR) is 51.5 cm³/mol. The Hall–Kier alpha value is -1.63. The summed E-state index contributed by atoms with van der Waals surface area (Å²) in [5, 5.41) is 3.93. The number of anilines is 1. The summed E-state index contributed by atoms with van der Waals surface area (Å²) in [5.74, 6) is 0. The molecule has 2 rings (SSSR count). The van der Waals surface area contributed by atoms with Gasteiger partial charge in [-0.1, -0.05) is 0 Å². The number of hydrogen-bond acceptors (Lipinski definition) is 4. The fourth-order valence-electron chi connectivity index (χ4n) is 1.08. The van der Waals surface area contributed by atoms with Crippen LogP contribution in [0.5, 0.6) is 0 Å². The van der Waals surface area contributed by atoms with Crippen LogP contribution in [0, 0.1) is 0 Å². The van der Waals surface area contributed by atoms with E-state index in [1.54, 1.807) is 18.5 Å². The van der Waals surface area contributed by atoms with Gasteiger partial charge in [0.1, 0.15) is 0 Å². The molecule has 14 heavy (non-hydrogen) atoms. The maximum Gasteiger partial charge on any atom is 0.229 e. The van der Waals surface area contributed by atoms with Gasteiger partial charge >= 0.3 is 0 Å². The molecule has 2 heterocycles. The Morgan fingerprint density at radius 3 is 3.00 bits per heavy atom. The fourth-order valence-corrected chi connectivity index (χ4v) is 1.61. The van der Waals surface area contributed by atoms with Gasteiger partial charge in [0.25, 0.3) is 0 Å². The quantitative estimate of drug-likeness (QED) is 0.766. The fraction of sp³-hybridized carbons (Fsp3) is 0.143. The lowest BCUT2D eigenvalue weighted by Gasteiger charge is -2.02. The second kappa shape index (κ2) is 2.95. The van der Waals surface area contributed by atoms with E-state index in [1.165, 1.54) is 10.7 Å². The zero-order valence-electron chi connectivity index (χ0n) is 7.38. The highest BCUT2D eigenvalue weighted by Gasteiger charge is 2.03. The Bertz CT molecular complexity index is 560. The van der Waals surface area contributed by atoms with Crippen LogP contribution >= 0.6 is 0 Å². The molecule has 7 heteroatoms. The van der Waals surface area contributed by atoms with Crippen molar-refractivity contribution < 1.29 is 8.42 Å². The van der Waals surface area contributed by atoms with E-state index in [9.17, 15) is 8.42 Å². The number of sulfonamides is 1. The zero-order valence-corrected chi connectivity index (χ0v) is 8.19. The summed E-state index contributed by atoms with van der Waals surface area (Å²) in [6.45, 7) is 0. The number of hydrogen-bond donors (Lipinski definition) is 1. The molecule has 0 aliphatic carbocycles. The van der Waals surface area contributed by atoms with Crippen LogP contribution in [0.2, 0.25) is 0 Å². The lowest BCUT2D eigenvalue weighted by molar-refractivity contribution is 0.606. The maximum absolute atomic E-state index is 10.9. The molecule has 6 nitrogen and oxygen atoms in total. The standard InChI is InChI=1S/C7H8N4O2S/c1-14(12,13)10-6-4-8-7-2-3-9-11(7)5-6/h2-5,10H,1H3. The molecule has 1 N–H and O–H groups in total. The average molecular weight is 212 g/mol. The van der Waals surface area contributed by atoms with Gasteiger partial charge in [0.15, 0.2) is 5.65 Å². The first-order valence-corrected chi connectivity index (χ1v) is 5.71. The molecule has 0 saturated carbocycles. The Morgan fingerprint density at radius 1 is 1.50 bits per heavy atom. The molecule has 0 atom stereocenters. The molecule has 0 bridgehead atoms. The molecule has 0 aliphatic heterocycles. The summed E-state index contributed by atoms with van der Waals surface area (Å²) in [4.78, 5) is 4.00. The Morgan fingerprint density at radius 2 is 2.29 bits per heavy atom. The molecular weight excluding hydrogens is 204 g/mol. The van der Waals surface area contributed by atoms with Gasteiger partial charge in [-0.25, -0.2) is 17.9 Å². The normalized spacial score (nSPS) is 11.8. The zero-order chi connectivity index (χ0) is 10.2. The smallest absolute Gasteiger partial charge is 0.229 e. The van der Waals surface area contributed by atoms with Gasteiger partial charge in [-0.05, 0) is 0 Å². The summed E-state index contributed by atoms with van der Waals surface area (Å²) >= 11 is 0. The number of rotatable bonds is 2. The van der Waals surface area contributed by atoms with Gasteiger partial charge in [-0.15, -0.1) is 0 Å². The SMILES string of the molecule is CS(=O)(=O)Nc1cnc2ccnn2c1.